The van der Waals surface area contributed by atoms with E-state index in [2.05, 4.69) is 11.3 Å². The Balaban J connectivity index is 0.00000101. The molecule has 6 nitrogen and oxygen atoms in total. The number of ether oxygens (including phenoxy) is 1. The topological polar surface area (TPSA) is 99.5 Å². The second kappa shape index (κ2) is 12.9. The van der Waals surface area contributed by atoms with E-state index in [1.165, 1.54) is 31.2 Å². The lowest BCUT2D eigenvalue weighted by molar-refractivity contribution is 0.411. The molecule has 3 aromatic carbocycles. The molecule has 0 unspecified atom stereocenters. The third-order valence-corrected chi connectivity index (χ3v) is 6.43. The van der Waals surface area contributed by atoms with E-state index in [1.54, 1.807) is 56.3 Å². The van der Waals surface area contributed by atoms with Gasteiger partial charge in [0.15, 0.2) is 0 Å². The summed E-state index contributed by atoms with van der Waals surface area (Å²) in [7, 11) is -2.29. The molecule has 0 heterocycles. The van der Waals surface area contributed by atoms with Crippen molar-refractivity contribution in [3.05, 3.63) is 65.6 Å². The molecule has 0 fully saturated rings. The fourth-order valence-corrected chi connectivity index (χ4v) is 4.82. The lowest BCUT2D eigenvalue weighted by Gasteiger charge is -2.15. The maximum absolute atomic E-state index is 13.0. The summed E-state index contributed by atoms with van der Waals surface area (Å²) in [5.41, 5.74) is 1.12. The minimum atomic E-state index is -3.83. The number of hydrogen-bond acceptors (Lipinski definition) is 6. The van der Waals surface area contributed by atoms with Crippen LogP contribution in [0.5, 0.6) is 11.5 Å². The Morgan fingerprint density at radius 1 is 1.15 bits per heavy atom. The highest BCUT2D eigenvalue weighted by Gasteiger charge is 2.19. The van der Waals surface area contributed by atoms with Crippen LogP contribution in [0.4, 0.5) is 5.69 Å². The summed E-state index contributed by atoms with van der Waals surface area (Å²) in [6.45, 7) is 13.1. The van der Waals surface area contributed by atoms with Crippen molar-refractivity contribution in [1.29, 1.82) is 5.41 Å². The van der Waals surface area contributed by atoms with Gasteiger partial charge in [-0.1, -0.05) is 56.5 Å². The zero-order valence-corrected chi connectivity index (χ0v) is 21.5. The Hall–Kier alpha value is -2.97. The van der Waals surface area contributed by atoms with E-state index in [9.17, 15) is 13.5 Å². The second-order valence-electron chi connectivity index (χ2n) is 6.65. The number of anilines is 1. The van der Waals surface area contributed by atoms with Crippen molar-refractivity contribution >= 4 is 44.5 Å². The number of phenolic OH excluding ortho intramolecular Hbond substituents is 1. The molecule has 0 saturated carbocycles. The number of aryl methyl sites for hydroxylation is 1. The van der Waals surface area contributed by atoms with E-state index >= 15 is 0 Å². The van der Waals surface area contributed by atoms with Gasteiger partial charge in [0.25, 0.3) is 10.0 Å². The molecule has 0 aliphatic carbocycles. The van der Waals surface area contributed by atoms with Crippen LogP contribution in [0.15, 0.2) is 69.8 Å². The van der Waals surface area contributed by atoms with Gasteiger partial charge in [0.05, 0.1) is 22.6 Å². The third-order valence-electron chi connectivity index (χ3n) is 4.19. The number of sulfonamides is 1. The SMILES string of the molecule is C=C(C)Sc1cc(NS(=O)(=O)c2ccc(OC)c(C)c2)c2ccccc2c1O.CC.CC=N. The van der Waals surface area contributed by atoms with Gasteiger partial charge in [-0.05, 0) is 61.7 Å². The summed E-state index contributed by atoms with van der Waals surface area (Å²) in [6.07, 6.45) is 1.25. The summed E-state index contributed by atoms with van der Waals surface area (Å²) in [4.78, 5) is 1.46. The summed E-state index contributed by atoms with van der Waals surface area (Å²) in [5, 5.41) is 17.8. The lowest BCUT2D eigenvalue weighted by Crippen LogP contribution is -2.13. The molecule has 3 N–H and O–H groups in total. The van der Waals surface area contributed by atoms with E-state index in [1.807, 2.05) is 20.8 Å². The van der Waals surface area contributed by atoms with Gasteiger partial charge in [0, 0.05) is 10.8 Å². The molecule has 0 atom stereocenters. The van der Waals surface area contributed by atoms with Crippen molar-refractivity contribution in [2.45, 2.75) is 44.4 Å². The van der Waals surface area contributed by atoms with E-state index in [0.717, 1.165) is 10.5 Å². The number of nitrogens with one attached hydrogen (secondary N) is 2. The van der Waals surface area contributed by atoms with Crippen LogP contribution in [0.2, 0.25) is 0 Å². The Bertz CT molecular complexity index is 1220. The third kappa shape index (κ3) is 7.27. The molecule has 3 rings (SSSR count). The van der Waals surface area contributed by atoms with Gasteiger partial charge in [0.2, 0.25) is 0 Å². The maximum Gasteiger partial charge on any atom is 0.261 e. The van der Waals surface area contributed by atoms with E-state index < -0.39 is 10.0 Å². The zero-order valence-electron chi connectivity index (χ0n) is 19.9. The lowest BCUT2D eigenvalue weighted by atomic mass is 10.1. The van der Waals surface area contributed by atoms with Crippen molar-refractivity contribution in [1.82, 2.24) is 0 Å². The first-order valence-corrected chi connectivity index (χ1v) is 12.6. The minimum absolute atomic E-state index is 0.104. The van der Waals surface area contributed by atoms with Gasteiger partial charge in [-0.2, -0.15) is 0 Å². The number of methoxy groups -OCH3 is 1. The molecule has 0 aliphatic rings. The van der Waals surface area contributed by atoms with Crippen molar-refractivity contribution in [3.63, 3.8) is 0 Å². The predicted molar refractivity (Wildman–Crippen MR) is 141 cm³/mol. The molecule has 0 bridgehead atoms. The van der Waals surface area contributed by atoms with Crippen LogP contribution in [0.25, 0.3) is 10.8 Å². The first-order valence-electron chi connectivity index (χ1n) is 10.3. The highest BCUT2D eigenvalue weighted by atomic mass is 32.2. The predicted octanol–water partition coefficient (Wildman–Crippen LogP) is 6.97. The normalized spacial score (nSPS) is 10.2. The fraction of sp³-hybridized carbons (Fsp3) is 0.240. The van der Waals surface area contributed by atoms with Crippen LogP contribution in [-0.2, 0) is 10.0 Å². The fourth-order valence-electron chi connectivity index (χ4n) is 2.91. The number of phenols is 1. The highest BCUT2D eigenvalue weighted by molar-refractivity contribution is 8.03. The Kier molecular flexibility index (Phi) is 11.0. The van der Waals surface area contributed by atoms with Gasteiger partial charge in [-0.3, -0.25) is 4.72 Å². The van der Waals surface area contributed by atoms with Crippen LogP contribution in [0.1, 0.15) is 33.3 Å². The molecule has 0 aromatic heterocycles. The number of hydrogen-bond donors (Lipinski definition) is 3. The largest absolute Gasteiger partial charge is 0.506 e. The van der Waals surface area contributed by atoms with Gasteiger partial charge < -0.3 is 15.3 Å². The summed E-state index contributed by atoms with van der Waals surface area (Å²) in [6, 6.07) is 13.4. The number of thioether (sulfide) groups is 1. The summed E-state index contributed by atoms with van der Waals surface area (Å²) < 4.78 is 33.8. The molecular formula is C25H32N2O4S2. The molecule has 0 radical (unpaired) electrons. The molecule has 0 spiro atoms. The molecule has 0 saturated heterocycles. The van der Waals surface area contributed by atoms with Crippen molar-refractivity contribution in [2.75, 3.05) is 11.8 Å². The molecule has 0 aliphatic heterocycles. The maximum atomic E-state index is 13.0. The second-order valence-corrected chi connectivity index (χ2v) is 9.67. The number of fused-ring (bicyclic) bond motifs is 1. The number of benzene rings is 3. The van der Waals surface area contributed by atoms with E-state index in [0.29, 0.717) is 27.1 Å². The Labute approximate surface area is 201 Å². The van der Waals surface area contributed by atoms with Gasteiger partial charge in [-0.15, -0.1) is 0 Å². The Morgan fingerprint density at radius 2 is 1.73 bits per heavy atom. The molecule has 33 heavy (non-hydrogen) atoms. The van der Waals surface area contributed by atoms with Crippen LogP contribution in [0, 0.1) is 12.3 Å². The standard InChI is InChI=1S/C21H21NO4S2.C2H5N.C2H6/c1-13(2)27-20-12-18(16-7-5-6-8-17(16)21(20)23)22-28(24,25)15-9-10-19(26-4)14(3)11-15;1-2-3;1-2/h5-12,22-23H,1H2,2-4H3;2-3H,1H3;1-2H3. The first kappa shape index (κ1) is 28.1. The van der Waals surface area contributed by atoms with Crippen LogP contribution in [0.3, 0.4) is 0 Å². The van der Waals surface area contributed by atoms with Crippen LogP contribution >= 0.6 is 11.8 Å². The van der Waals surface area contributed by atoms with Gasteiger partial charge in [0.1, 0.15) is 11.5 Å². The van der Waals surface area contributed by atoms with Crippen molar-refractivity contribution in [3.8, 4) is 11.5 Å². The molecular weight excluding hydrogens is 456 g/mol. The molecule has 3 aromatic rings. The van der Waals surface area contributed by atoms with Crippen molar-refractivity contribution in [2.24, 2.45) is 0 Å². The monoisotopic (exact) mass is 488 g/mol. The number of rotatable bonds is 6. The number of aromatic hydroxyl groups is 1. The van der Waals surface area contributed by atoms with Gasteiger partial charge in [-0.25, -0.2) is 8.42 Å². The Morgan fingerprint density at radius 3 is 2.24 bits per heavy atom. The minimum Gasteiger partial charge on any atom is -0.506 e. The molecule has 8 heteroatoms. The first-order chi connectivity index (χ1) is 15.6. The highest BCUT2D eigenvalue weighted by Crippen LogP contribution is 2.42. The average molecular weight is 489 g/mol. The molecule has 178 valence electrons. The zero-order chi connectivity index (χ0) is 25.2. The van der Waals surface area contributed by atoms with Gasteiger partial charge >= 0.3 is 0 Å². The van der Waals surface area contributed by atoms with E-state index in [4.69, 9.17) is 10.1 Å². The average Bonchev–Trinajstić information content (AvgIpc) is 2.78. The van der Waals surface area contributed by atoms with Crippen LogP contribution < -0.4 is 9.46 Å². The smallest absolute Gasteiger partial charge is 0.261 e. The molecule has 0 amide bonds. The quantitative estimate of drug-likeness (QED) is 0.198. The van der Waals surface area contributed by atoms with Crippen molar-refractivity contribution < 1.29 is 18.3 Å². The summed E-state index contributed by atoms with van der Waals surface area (Å²) >= 11 is 1.29. The van der Waals surface area contributed by atoms with E-state index in [-0.39, 0.29) is 10.6 Å². The summed E-state index contributed by atoms with van der Waals surface area (Å²) in [5.74, 6) is 0.723. The number of allylic oxidation sites excluding steroid dienone is 1. The van der Waals surface area contributed by atoms with Crippen LogP contribution in [-0.4, -0.2) is 26.8 Å².